The highest BCUT2D eigenvalue weighted by atomic mass is 19.2. The Morgan fingerprint density at radius 3 is 2.76 bits per heavy atom. The molecule has 0 atom stereocenters. The zero-order valence-electron chi connectivity index (χ0n) is 13.8. The van der Waals surface area contributed by atoms with E-state index >= 15 is 0 Å². The second kappa shape index (κ2) is 7.56. The first-order valence-corrected chi connectivity index (χ1v) is 8.01. The fraction of sp³-hybridized carbons (Fsp3) is 0.438. The third-order valence-corrected chi connectivity index (χ3v) is 4.11. The van der Waals surface area contributed by atoms with Crippen molar-refractivity contribution in [2.75, 3.05) is 33.3 Å². The minimum atomic E-state index is -1.07. The average Bonchev–Trinajstić information content (AvgIpc) is 3.11. The van der Waals surface area contributed by atoms with E-state index in [1.54, 1.807) is 4.90 Å². The highest BCUT2D eigenvalue weighted by Crippen LogP contribution is 2.28. The molecule has 1 aliphatic rings. The number of rotatable bonds is 5. The van der Waals surface area contributed by atoms with Gasteiger partial charge in [0, 0.05) is 38.2 Å². The Morgan fingerprint density at radius 1 is 1.28 bits per heavy atom. The van der Waals surface area contributed by atoms with Crippen LogP contribution in [0.5, 0.6) is 5.75 Å². The summed E-state index contributed by atoms with van der Waals surface area (Å²) in [4.78, 5) is 13.9. The third kappa shape index (κ3) is 3.76. The fourth-order valence-corrected chi connectivity index (χ4v) is 2.70. The summed E-state index contributed by atoms with van der Waals surface area (Å²) in [5.74, 6) is -2.23. The largest absolute Gasteiger partial charge is 0.494 e. The number of amides is 1. The molecule has 2 heterocycles. The quantitative estimate of drug-likeness (QED) is 0.872. The van der Waals surface area contributed by atoms with Crippen LogP contribution >= 0.6 is 0 Å². The molecule has 25 heavy (non-hydrogen) atoms. The predicted molar refractivity (Wildman–Crippen MR) is 86.0 cm³/mol. The standard InChI is InChI=1S/C16H19F2N5O2/c1-25-13-3-2-11(15(17)16(13)18)12-10-23(21-20-12)7-4-14(24)22-8-5-19-6-9-22/h2-3,10,19H,4-9H2,1H3. The van der Waals surface area contributed by atoms with E-state index in [4.69, 9.17) is 4.74 Å². The first kappa shape index (κ1) is 17.3. The van der Waals surface area contributed by atoms with Gasteiger partial charge in [-0.3, -0.25) is 9.48 Å². The zero-order chi connectivity index (χ0) is 17.8. The number of nitrogens with zero attached hydrogens (tertiary/aromatic N) is 4. The van der Waals surface area contributed by atoms with Crippen molar-refractivity contribution in [2.45, 2.75) is 13.0 Å². The minimum absolute atomic E-state index is 0.00187. The van der Waals surface area contributed by atoms with Gasteiger partial charge in [-0.15, -0.1) is 5.10 Å². The van der Waals surface area contributed by atoms with Crippen LogP contribution in [0.3, 0.4) is 0 Å². The first-order chi connectivity index (χ1) is 12.1. The summed E-state index contributed by atoms with van der Waals surface area (Å²) in [7, 11) is 1.27. The average molecular weight is 351 g/mol. The Hall–Kier alpha value is -2.55. The Morgan fingerprint density at radius 2 is 2.04 bits per heavy atom. The van der Waals surface area contributed by atoms with E-state index in [9.17, 15) is 13.6 Å². The van der Waals surface area contributed by atoms with Gasteiger partial charge in [-0.1, -0.05) is 5.21 Å². The van der Waals surface area contributed by atoms with E-state index in [0.717, 1.165) is 13.1 Å². The minimum Gasteiger partial charge on any atom is -0.494 e. The molecule has 2 aromatic rings. The molecule has 3 rings (SSSR count). The van der Waals surface area contributed by atoms with Crippen LogP contribution in [0.15, 0.2) is 18.3 Å². The lowest BCUT2D eigenvalue weighted by Crippen LogP contribution is -2.46. The number of nitrogens with one attached hydrogen (secondary N) is 1. The normalized spacial score (nSPS) is 14.6. The van der Waals surface area contributed by atoms with Crippen molar-refractivity contribution in [3.05, 3.63) is 30.0 Å². The number of piperazine rings is 1. The number of ether oxygens (including phenoxy) is 1. The molecule has 0 radical (unpaired) electrons. The summed E-state index contributed by atoms with van der Waals surface area (Å²) in [5.41, 5.74) is 0.201. The van der Waals surface area contributed by atoms with Gasteiger partial charge < -0.3 is 15.0 Å². The number of carbonyl (C=O) groups is 1. The Labute approximate surface area is 143 Å². The second-order valence-electron chi connectivity index (χ2n) is 5.69. The summed E-state index contributed by atoms with van der Waals surface area (Å²) in [5, 5.41) is 10.9. The number of aryl methyl sites for hydroxylation is 1. The van der Waals surface area contributed by atoms with Crippen LogP contribution in [-0.2, 0) is 11.3 Å². The monoisotopic (exact) mass is 351 g/mol. The number of halogens is 2. The molecule has 1 amide bonds. The first-order valence-electron chi connectivity index (χ1n) is 8.01. The maximum atomic E-state index is 14.1. The molecular weight excluding hydrogens is 332 g/mol. The van der Waals surface area contributed by atoms with Crippen molar-refractivity contribution < 1.29 is 18.3 Å². The SMILES string of the molecule is COc1ccc(-c2cn(CCC(=O)N3CCNCC3)nn2)c(F)c1F. The third-order valence-electron chi connectivity index (χ3n) is 4.11. The predicted octanol–water partition coefficient (Wildman–Crippen LogP) is 1.05. The van der Waals surface area contributed by atoms with Crippen molar-refractivity contribution in [1.29, 1.82) is 0 Å². The molecule has 1 aromatic carbocycles. The summed E-state index contributed by atoms with van der Waals surface area (Å²) in [6.07, 6.45) is 1.78. The molecule has 1 saturated heterocycles. The summed E-state index contributed by atoms with van der Waals surface area (Å²) >= 11 is 0. The van der Waals surface area contributed by atoms with Gasteiger partial charge in [0.15, 0.2) is 11.6 Å². The van der Waals surface area contributed by atoms with Crippen LogP contribution in [0.25, 0.3) is 11.3 Å². The van der Waals surface area contributed by atoms with Gasteiger partial charge in [-0.25, -0.2) is 4.39 Å². The maximum Gasteiger partial charge on any atom is 0.224 e. The number of carbonyl (C=O) groups excluding carboxylic acids is 1. The summed E-state index contributed by atoms with van der Waals surface area (Å²) < 4.78 is 34.1. The van der Waals surface area contributed by atoms with Crippen LogP contribution in [0, 0.1) is 11.6 Å². The Balaban J connectivity index is 1.66. The van der Waals surface area contributed by atoms with E-state index in [-0.39, 0.29) is 29.3 Å². The van der Waals surface area contributed by atoms with Crippen molar-refractivity contribution >= 4 is 5.91 Å². The van der Waals surface area contributed by atoms with Crippen LogP contribution in [0.1, 0.15) is 6.42 Å². The number of hydrogen-bond donors (Lipinski definition) is 1. The molecule has 1 aliphatic heterocycles. The van der Waals surface area contributed by atoms with E-state index in [1.807, 2.05) is 0 Å². The molecule has 0 spiro atoms. The Bertz CT molecular complexity index is 759. The van der Waals surface area contributed by atoms with E-state index < -0.39 is 11.6 Å². The van der Waals surface area contributed by atoms with Crippen LogP contribution in [0.4, 0.5) is 8.78 Å². The molecule has 9 heteroatoms. The lowest BCUT2D eigenvalue weighted by Gasteiger charge is -2.27. The fourth-order valence-electron chi connectivity index (χ4n) is 2.70. The van der Waals surface area contributed by atoms with Gasteiger partial charge >= 0.3 is 0 Å². The smallest absolute Gasteiger partial charge is 0.224 e. The second-order valence-corrected chi connectivity index (χ2v) is 5.69. The molecule has 1 aromatic heterocycles. The van der Waals surface area contributed by atoms with Crippen molar-refractivity contribution in [2.24, 2.45) is 0 Å². The molecular formula is C16H19F2N5O2. The van der Waals surface area contributed by atoms with Crippen molar-refractivity contribution in [1.82, 2.24) is 25.2 Å². The van der Waals surface area contributed by atoms with Gasteiger partial charge in [0.1, 0.15) is 5.69 Å². The Kier molecular flexibility index (Phi) is 5.22. The molecule has 0 bridgehead atoms. The summed E-state index contributed by atoms with van der Waals surface area (Å²) in [6, 6.07) is 2.72. The van der Waals surface area contributed by atoms with Crippen molar-refractivity contribution in [3.63, 3.8) is 0 Å². The molecule has 7 nitrogen and oxygen atoms in total. The number of hydrogen-bond acceptors (Lipinski definition) is 5. The molecule has 0 aliphatic carbocycles. The number of methoxy groups -OCH3 is 1. The molecule has 1 N–H and O–H groups in total. The van der Waals surface area contributed by atoms with Gasteiger partial charge in [0.25, 0.3) is 0 Å². The lowest BCUT2D eigenvalue weighted by atomic mass is 10.1. The molecule has 134 valence electrons. The van der Waals surface area contributed by atoms with Crippen LogP contribution < -0.4 is 10.1 Å². The highest BCUT2D eigenvalue weighted by Gasteiger charge is 2.19. The van der Waals surface area contributed by atoms with Crippen molar-refractivity contribution in [3.8, 4) is 17.0 Å². The van der Waals surface area contributed by atoms with E-state index in [0.29, 0.717) is 19.6 Å². The molecule has 0 saturated carbocycles. The maximum absolute atomic E-state index is 14.1. The molecule has 1 fully saturated rings. The zero-order valence-corrected chi connectivity index (χ0v) is 13.8. The van der Waals surface area contributed by atoms with E-state index in [1.165, 1.54) is 30.1 Å². The van der Waals surface area contributed by atoms with Gasteiger partial charge in [0.2, 0.25) is 11.7 Å². The topological polar surface area (TPSA) is 72.3 Å². The number of aromatic nitrogens is 3. The number of benzene rings is 1. The molecule has 0 unspecified atom stereocenters. The van der Waals surface area contributed by atoms with Crippen LogP contribution in [-0.4, -0.2) is 59.1 Å². The highest BCUT2D eigenvalue weighted by molar-refractivity contribution is 5.76. The van der Waals surface area contributed by atoms with E-state index in [2.05, 4.69) is 15.6 Å². The van der Waals surface area contributed by atoms with Crippen LogP contribution in [0.2, 0.25) is 0 Å². The lowest BCUT2D eigenvalue weighted by molar-refractivity contribution is -0.132. The summed E-state index contributed by atoms with van der Waals surface area (Å²) in [6.45, 7) is 3.30. The van der Waals surface area contributed by atoms with Gasteiger partial charge in [0.05, 0.1) is 19.9 Å². The van der Waals surface area contributed by atoms with Gasteiger partial charge in [-0.05, 0) is 12.1 Å². The van der Waals surface area contributed by atoms with Gasteiger partial charge in [-0.2, -0.15) is 4.39 Å².